The zero-order valence-corrected chi connectivity index (χ0v) is 18.8. The Hall–Kier alpha value is -3.63. The molecule has 0 spiro atoms. The summed E-state index contributed by atoms with van der Waals surface area (Å²) in [4.78, 5) is 20.5. The molecule has 4 aromatic rings. The second-order valence-electron chi connectivity index (χ2n) is 7.98. The molecule has 7 heteroatoms. The Labute approximate surface area is 195 Å². The standard InChI is InChI=1S/C26H21FN4OS/c1-33-25-7-3-2-5-19(25)18-9-11-22(20(27)14-18)30-12-4-6-23(26(30)32)31-16-29-21-10-8-17(15-28)13-24(21)31/h2-3,5,7-11,13-14,16,23H,4,6,12H2,1H3. The number of carbonyl (C=O) groups is 1. The van der Waals surface area contributed by atoms with Gasteiger partial charge in [-0.05, 0) is 66.6 Å². The van der Waals surface area contributed by atoms with Crippen LogP contribution in [-0.4, -0.2) is 28.3 Å². The lowest BCUT2D eigenvalue weighted by Crippen LogP contribution is -2.42. The molecule has 0 saturated carbocycles. The molecule has 1 atom stereocenters. The first-order chi connectivity index (χ1) is 16.1. The van der Waals surface area contributed by atoms with Crippen molar-refractivity contribution >= 4 is 34.4 Å². The second-order valence-corrected chi connectivity index (χ2v) is 8.83. The molecule has 1 aliphatic heterocycles. The van der Waals surface area contributed by atoms with Crippen LogP contribution >= 0.6 is 11.8 Å². The van der Waals surface area contributed by atoms with E-state index in [1.165, 1.54) is 11.0 Å². The van der Waals surface area contributed by atoms with E-state index in [0.29, 0.717) is 18.5 Å². The number of thioether (sulfide) groups is 1. The summed E-state index contributed by atoms with van der Waals surface area (Å²) in [5.41, 5.74) is 4.01. The molecule has 5 nitrogen and oxygen atoms in total. The SMILES string of the molecule is CSc1ccccc1-c1ccc(N2CCCC(n3cnc4ccc(C#N)cc43)C2=O)c(F)c1. The number of nitriles is 1. The quantitative estimate of drug-likeness (QED) is 0.364. The highest BCUT2D eigenvalue weighted by atomic mass is 32.2. The summed E-state index contributed by atoms with van der Waals surface area (Å²) >= 11 is 1.62. The molecule has 1 amide bonds. The largest absolute Gasteiger partial charge is 0.318 e. The Morgan fingerprint density at radius 2 is 2.00 bits per heavy atom. The number of rotatable bonds is 4. The molecular weight excluding hydrogens is 435 g/mol. The van der Waals surface area contributed by atoms with Gasteiger partial charge in [0.15, 0.2) is 0 Å². The van der Waals surface area contributed by atoms with E-state index in [-0.39, 0.29) is 11.6 Å². The third-order valence-corrected chi connectivity index (χ3v) is 6.90. The average Bonchev–Trinajstić information content (AvgIpc) is 3.27. The molecule has 5 rings (SSSR count). The van der Waals surface area contributed by atoms with Crippen molar-refractivity contribution in [3.8, 4) is 17.2 Å². The van der Waals surface area contributed by atoms with Gasteiger partial charge in [-0.3, -0.25) is 4.79 Å². The molecule has 1 unspecified atom stereocenters. The van der Waals surface area contributed by atoms with E-state index in [1.807, 2.05) is 41.2 Å². The van der Waals surface area contributed by atoms with Crippen LogP contribution in [-0.2, 0) is 4.79 Å². The van der Waals surface area contributed by atoms with E-state index >= 15 is 4.39 Å². The molecule has 0 N–H and O–H groups in total. The molecule has 2 heterocycles. The maximum Gasteiger partial charge on any atom is 0.250 e. The van der Waals surface area contributed by atoms with E-state index in [1.54, 1.807) is 42.4 Å². The van der Waals surface area contributed by atoms with Crippen LogP contribution in [0, 0.1) is 17.1 Å². The summed E-state index contributed by atoms with van der Waals surface area (Å²) in [6.07, 6.45) is 5.01. The van der Waals surface area contributed by atoms with Gasteiger partial charge in [-0.1, -0.05) is 24.3 Å². The zero-order chi connectivity index (χ0) is 22.9. The van der Waals surface area contributed by atoms with Crippen LogP contribution in [0.15, 0.2) is 71.9 Å². The molecular formula is C26H21FN4OS. The lowest BCUT2D eigenvalue weighted by molar-refractivity contribution is -0.123. The van der Waals surface area contributed by atoms with Gasteiger partial charge in [0, 0.05) is 11.4 Å². The Morgan fingerprint density at radius 3 is 2.79 bits per heavy atom. The van der Waals surface area contributed by atoms with Crippen molar-refractivity contribution in [2.45, 2.75) is 23.8 Å². The summed E-state index contributed by atoms with van der Waals surface area (Å²) < 4.78 is 17.1. The topological polar surface area (TPSA) is 61.9 Å². The molecule has 0 bridgehead atoms. The number of aromatic nitrogens is 2. The van der Waals surface area contributed by atoms with Gasteiger partial charge in [-0.15, -0.1) is 11.8 Å². The highest BCUT2D eigenvalue weighted by molar-refractivity contribution is 7.98. The smallest absolute Gasteiger partial charge is 0.250 e. The van der Waals surface area contributed by atoms with E-state index in [2.05, 4.69) is 11.1 Å². The number of fused-ring (bicyclic) bond motifs is 1. The number of nitrogens with zero attached hydrogens (tertiary/aromatic N) is 4. The third-order valence-electron chi connectivity index (χ3n) is 6.11. The first kappa shape index (κ1) is 21.2. The molecule has 33 heavy (non-hydrogen) atoms. The molecule has 1 aromatic heterocycles. The minimum atomic E-state index is -0.492. The van der Waals surface area contributed by atoms with Gasteiger partial charge in [0.1, 0.15) is 11.9 Å². The van der Waals surface area contributed by atoms with Crippen molar-refractivity contribution in [3.05, 3.63) is 78.4 Å². The first-order valence-corrected chi connectivity index (χ1v) is 11.9. The summed E-state index contributed by atoms with van der Waals surface area (Å²) in [7, 11) is 0. The number of carbonyl (C=O) groups excluding carboxylic acids is 1. The third kappa shape index (κ3) is 3.77. The van der Waals surface area contributed by atoms with Crippen LogP contribution in [0.2, 0.25) is 0 Å². The van der Waals surface area contributed by atoms with Crippen molar-refractivity contribution in [1.29, 1.82) is 5.26 Å². The molecule has 3 aromatic carbocycles. The monoisotopic (exact) mass is 456 g/mol. The summed E-state index contributed by atoms with van der Waals surface area (Å²) in [5.74, 6) is -0.585. The van der Waals surface area contributed by atoms with Crippen molar-refractivity contribution < 1.29 is 9.18 Å². The van der Waals surface area contributed by atoms with Crippen molar-refractivity contribution in [1.82, 2.24) is 9.55 Å². The lowest BCUT2D eigenvalue weighted by atomic mass is 10.0. The maximum absolute atomic E-state index is 15.3. The molecule has 164 valence electrons. The first-order valence-electron chi connectivity index (χ1n) is 10.7. The van der Waals surface area contributed by atoms with Gasteiger partial charge in [-0.25, -0.2) is 9.37 Å². The average molecular weight is 457 g/mol. The number of hydrogen-bond donors (Lipinski definition) is 0. The van der Waals surface area contributed by atoms with Crippen molar-refractivity contribution in [2.75, 3.05) is 17.7 Å². The van der Waals surface area contributed by atoms with E-state index < -0.39 is 11.9 Å². The van der Waals surface area contributed by atoms with E-state index in [0.717, 1.165) is 33.5 Å². The number of piperidine rings is 1. The summed E-state index contributed by atoms with van der Waals surface area (Å²) in [5, 5.41) is 9.25. The van der Waals surface area contributed by atoms with Crippen LogP contribution in [0.1, 0.15) is 24.4 Å². The van der Waals surface area contributed by atoms with Gasteiger partial charge in [0.25, 0.3) is 0 Å². The van der Waals surface area contributed by atoms with Gasteiger partial charge in [0.2, 0.25) is 5.91 Å². The second kappa shape index (κ2) is 8.72. The summed E-state index contributed by atoms with van der Waals surface area (Å²) in [6, 6.07) is 19.8. The lowest BCUT2D eigenvalue weighted by Gasteiger charge is -2.33. The Kier molecular flexibility index (Phi) is 5.61. The predicted molar refractivity (Wildman–Crippen MR) is 129 cm³/mol. The number of hydrogen-bond acceptors (Lipinski definition) is 4. The number of halogens is 1. The zero-order valence-electron chi connectivity index (χ0n) is 18.0. The van der Waals surface area contributed by atoms with Crippen LogP contribution in [0.3, 0.4) is 0 Å². The van der Waals surface area contributed by atoms with Crippen LogP contribution in [0.25, 0.3) is 22.2 Å². The van der Waals surface area contributed by atoms with Crippen LogP contribution < -0.4 is 4.90 Å². The fraction of sp³-hybridized carbons (Fsp3) is 0.192. The van der Waals surface area contributed by atoms with Gasteiger partial charge >= 0.3 is 0 Å². The highest BCUT2D eigenvalue weighted by Crippen LogP contribution is 2.35. The van der Waals surface area contributed by atoms with Crippen molar-refractivity contribution in [2.24, 2.45) is 0 Å². The number of benzene rings is 3. The number of anilines is 1. The van der Waals surface area contributed by atoms with Gasteiger partial charge < -0.3 is 9.47 Å². The minimum absolute atomic E-state index is 0.168. The maximum atomic E-state index is 15.3. The Bertz CT molecular complexity index is 1410. The fourth-order valence-corrected chi connectivity index (χ4v) is 5.09. The fourth-order valence-electron chi connectivity index (χ4n) is 4.47. The van der Waals surface area contributed by atoms with E-state index in [4.69, 9.17) is 0 Å². The highest BCUT2D eigenvalue weighted by Gasteiger charge is 2.33. The minimum Gasteiger partial charge on any atom is -0.318 e. The molecule has 0 radical (unpaired) electrons. The molecule has 1 fully saturated rings. The number of amides is 1. The predicted octanol–water partition coefficient (Wildman–Crippen LogP) is 5.80. The normalized spacial score (nSPS) is 16.2. The summed E-state index contributed by atoms with van der Waals surface area (Å²) in [6.45, 7) is 0.461. The van der Waals surface area contributed by atoms with E-state index in [9.17, 15) is 10.1 Å². The molecule has 1 saturated heterocycles. The number of imidazole rings is 1. The van der Waals surface area contributed by atoms with Gasteiger partial charge in [0.05, 0.1) is 34.7 Å². The van der Waals surface area contributed by atoms with Gasteiger partial charge in [-0.2, -0.15) is 5.26 Å². The van der Waals surface area contributed by atoms with Crippen LogP contribution in [0.5, 0.6) is 0 Å². The van der Waals surface area contributed by atoms with Crippen molar-refractivity contribution in [3.63, 3.8) is 0 Å². The molecule has 0 aliphatic carbocycles. The molecule has 1 aliphatic rings. The Balaban J connectivity index is 1.48. The van der Waals surface area contributed by atoms with Crippen LogP contribution in [0.4, 0.5) is 10.1 Å². The Morgan fingerprint density at radius 1 is 1.15 bits per heavy atom.